The fraction of sp³-hybridized carbons (Fsp3) is 0.333. The number of aromatic nitrogens is 1. The van der Waals surface area contributed by atoms with Gasteiger partial charge in [0.25, 0.3) is 0 Å². The first-order valence-corrected chi connectivity index (χ1v) is 5.14. The molecule has 0 radical (unpaired) electrons. The number of H-pyrrole nitrogens is 1. The molecule has 0 aliphatic rings. The predicted octanol–water partition coefficient (Wildman–Crippen LogP) is 2.23. The van der Waals surface area contributed by atoms with E-state index in [9.17, 15) is 0 Å². The summed E-state index contributed by atoms with van der Waals surface area (Å²) in [4.78, 5) is 3.23. The maximum absolute atomic E-state index is 5.60. The van der Waals surface area contributed by atoms with Crippen molar-refractivity contribution >= 4 is 10.9 Å². The minimum Gasteiger partial charge on any atom is -0.361 e. The van der Waals surface area contributed by atoms with Crippen LogP contribution >= 0.6 is 0 Å². The molecule has 1 aromatic heterocycles. The zero-order chi connectivity index (χ0) is 9.97. The van der Waals surface area contributed by atoms with E-state index in [1.165, 1.54) is 22.0 Å². The fourth-order valence-corrected chi connectivity index (χ4v) is 1.91. The Labute approximate surface area is 84.1 Å². The third-order valence-electron chi connectivity index (χ3n) is 2.67. The molecule has 0 saturated carbocycles. The third-order valence-corrected chi connectivity index (χ3v) is 2.67. The SMILES string of the molecule is CCc1cc2[nH]ccc2cc1CCN. The van der Waals surface area contributed by atoms with Gasteiger partial charge in [-0.1, -0.05) is 6.92 Å². The van der Waals surface area contributed by atoms with E-state index in [0.717, 1.165) is 19.4 Å². The smallest absolute Gasteiger partial charge is 0.0456 e. The van der Waals surface area contributed by atoms with Crippen molar-refractivity contribution in [3.05, 3.63) is 35.5 Å². The molecule has 3 N–H and O–H groups in total. The summed E-state index contributed by atoms with van der Waals surface area (Å²) < 4.78 is 0. The molecule has 0 spiro atoms. The van der Waals surface area contributed by atoms with Gasteiger partial charge in [0, 0.05) is 11.7 Å². The lowest BCUT2D eigenvalue weighted by Gasteiger charge is -2.06. The number of benzene rings is 1. The van der Waals surface area contributed by atoms with E-state index in [1.807, 2.05) is 6.20 Å². The van der Waals surface area contributed by atoms with Crippen LogP contribution in [0.4, 0.5) is 0 Å². The standard InChI is InChI=1S/C12H16N2/c1-2-9-8-12-11(4-6-14-12)7-10(9)3-5-13/h4,6-8,14H,2-3,5,13H2,1H3. The Morgan fingerprint density at radius 1 is 1.29 bits per heavy atom. The van der Waals surface area contributed by atoms with Gasteiger partial charge in [0.1, 0.15) is 0 Å². The maximum Gasteiger partial charge on any atom is 0.0456 e. The molecule has 0 fully saturated rings. The van der Waals surface area contributed by atoms with Crippen LogP contribution in [0, 0.1) is 0 Å². The van der Waals surface area contributed by atoms with Crippen molar-refractivity contribution in [1.29, 1.82) is 0 Å². The molecule has 2 heteroatoms. The Hall–Kier alpha value is -1.28. The van der Waals surface area contributed by atoms with Crippen LogP contribution in [-0.2, 0) is 12.8 Å². The van der Waals surface area contributed by atoms with Gasteiger partial charge in [-0.3, -0.25) is 0 Å². The van der Waals surface area contributed by atoms with Crippen LogP contribution in [-0.4, -0.2) is 11.5 Å². The molecule has 0 saturated heterocycles. The van der Waals surface area contributed by atoms with Crippen LogP contribution in [0.2, 0.25) is 0 Å². The van der Waals surface area contributed by atoms with Crippen molar-refractivity contribution < 1.29 is 0 Å². The maximum atomic E-state index is 5.60. The van der Waals surface area contributed by atoms with E-state index in [1.54, 1.807) is 0 Å². The number of rotatable bonds is 3. The minimum atomic E-state index is 0.725. The molecule has 14 heavy (non-hydrogen) atoms. The highest BCUT2D eigenvalue weighted by atomic mass is 14.7. The lowest BCUT2D eigenvalue weighted by Crippen LogP contribution is -2.05. The summed E-state index contributed by atoms with van der Waals surface area (Å²) in [6, 6.07) is 6.59. The molecular weight excluding hydrogens is 172 g/mol. The highest BCUT2D eigenvalue weighted by Gasteiger charge is 2.03. The summed E-state index contributed by atoms with van der Waals surface area (Å²) >= 11 is 0. The largest absolute Gasteiger partial charge is 0.361 e. The minimum absolute atomic E-state index is 0.725. The van der Waals surface area contributed by atoms with E-state index in [4.69, 9.17) is 5.73 Å². The molecule has 0 aliphatic heterocycles. The predicted molar refractivity (Wildman–Crippen MR) is 60.4 cm³/mol. The number of nitrogens with two attached hydrogens (primary N) is 1. The molecule has 0 atom stereocenters. The quantitative estimate of drug-likeness (QED) is 0.762. The molecule has 0 bridgehead atoms. The van der Waals surface area contributed by atoms with Crippen LogP contribution in [0.25, 0.3) is 10.9 Å². The van der Waals surface area contributed by atoms with Gasteiger partial charge in [-0.15, -0.1) is 0 Å². The average molecular weight is 188 g/mol. The Bertz CT molecular complexity index is 429. The van der Waals surface area contributed by atoms with Gasteiger partial charge in [-0.25, -0.2) is 0 Å². The van der Waals surface area contributed by atoms with Crippen molar-refractivity contribution in [2.75, 3.05) is 6.54 Å². The number of aromatic amines is 1. The molecule has 2 nitrogen and oxygen atoms in total. The monoisotopic (exact) mass is 188 g/mol. The van der Waals surface area contributed by atoms with Crippen molar-refractivity contribution in [2.24, 2.45) is 5.73 Å². The highest BCUT2D eigenvalue weighted by molar-refractivity contribution is 5.81. The molecule has 74 valence electrons. The van der Waals surface area contributed by atoms with Crippen molar-refractivity contribution in [3.8, 4) is 0 Å². The molecular formula is C12H16N2. The molecule has 1 aromatic carbocycles. The van der Waals surface area contributed by atoms with E-state index in [-0.39, 0.29) is 0 Å². The van der Waals surface area contributed by atoms with Gasteiger partial charge in [-0.05, 0) is 54.1 Å². The zero-order valence-corrected chi connectivity index (χ0v) is 8.51. The van der Waals surface area contributed by atoms with Crippen LogP contribution < -0.4 is 5.73 Å². The Morgan fingerprint density at radius 3 is 2.86 bits per heavy atom. The van der Waals surface area contributed by atoms with Gasteiger partial charge < -0.3 is 10.7 Å². The third kappa shape index (κ3) is 1.53. The number of nitrogens with one attached hydrogen (secondary N) is 1. The normalized spacial score (nSPS) is 11.0. The number of hydrogen-bond acceptors (Lipinski definition) is 1. The number of fused-ring (bicyclic) bond motifs is 1. The van der Waals surface area contributed by atoms with Gasteiger partial charge in [0.05, 0.1) is 0 Å². The highest BCUT2D eigenvalue weighted by Crippen LogP contribution is 2.19. The number of hydrogen-bond donors (Lipinski definition) is 2. The van der Waals surface area contributed by atoms with Crippen LogP contribution in [0.15, 0.2) is 24.4 Å². The first-order valence-electron chi connectivity index (χ1n) is 5.14. The number of aryl methyl sites for hydroxylation is 1. The zero-order valence-electron chi connectivity index (χ0n) is 8.51. The summed E-state index contributed by atoms with van der Waals surface area (Å²) in [5.41, 5.74) is 9.62. The molecule has 1 heterocycles. The Balaban J connectivity index is 2.54. The fourth-order valence-electron chi connectivity index (χ4n) is 1.91. The molecule has 2 rings (SSSR count). The van der Waals surface area contributed by atoms with Gasteiger partial charge in [0.2, 0.25) is 0 Å². The molecule has 0 amide bonds. The van der Waals surface area contributed by atoms with Crippen molar-refractivity contribution in [1.82, 2.24) is 4.98 Å². The first kappa shape index (κ1) is 9.28. The average Bonchev–Trinajstić information content (AvgIpc) is 2.64. The van der Waals surface area contributed by atoms with Gasteiger partial charge >= 0.3 is 0 Å². The second-order valence-electron chi connectivity index (χ2n) is 3.58. The van der Waals surface area contributed by atoms with E-state index in [0.29, 0.717) is 0 Å². The van der Waals surface area contributed by atoms with E-state index in [2.05, 4.69) is 30.1 Å². The summed E-state index contributed by atoms with van der Waals surface area (Å²) in [5, 5.41) is 1.28. The van der Waals surface area contributed by atoms with Crippen molar-refractivity contribution in [2.45, 2.75) is 19.8 Å². The van der Waals surface area contributed by atoms with Crippen LogP contribution in [0.3, 0.4) is 0 Å². The Kier molecular flexibility index (Phi) is 2.55. The summed E-state index contributed by atoms with van der Waals surface area (Å²) in [6.07, 6.45) is 4.03. The Morgan fingerprint density at radius 2 is 2.14 bits per heavy atom. The van der Waals surface area contributed by atoms with Gasteiger partial charge in [-0.2, -0.15) is 0 Å². The van der Waals surface area contributed by atoms with Crippen molar-refractivity contribution in [3.63, 3.8) is 0 Å². The van der Waals surface area contributed by atoms with E-state index < -0.39 is 0 Å². The summed E-state index contributed by atoms with van der Waals surface area (Å²) in [6.45, 7) is 2.91. The lowest BCUT2D eigenvalue weighted by atomic mass is 10.0. The van der Waals surface area contributed by atoms with E-state index >= 15 is 0 Å². The second kappa shape index (κ2) is 3.84. The van der Waals surface area contributed by atoms with Crippen LogP contribution in [0.5, 0.6) is 0 Å². The molecule has 2 aromatic rings. The lowest BCUT2D eigenvalue weighted by molar-refractivity contribution is 0.942. The van der Waals surface area contributed by atoms with Gasteiger partial charge in [0.15, 0.2) is 0 Å². The summed E-state index contributed by atoms with van der Waals surface area (Å²) in [5.74, 6) is 0. The van der Waals surface area contributed by atoms with Crippen LogP contribution in [0.1, 0.15) is 18.1 Å². The topological polar surface area (TPSA) is 41.8 Å². The molecule has 0 unspecified atom stereocenters. The first-order chi connectivity index (χ1) is 6.85. The molecule has 0 aliphatic carbocycles. The second-order valence-corrected chi connectivity index (χ2v) is 3.58. The summed E-state index contributed by atoms with van der Waals surface area (Å²) in [7, 11) is 0.